The number of furan rings is 1. The van der Waals surface area contributed by atoms with Gasteiger partial charge < -0.3 is 14.3 Å². The van der Waals surface area contributed by atoms with Crippen LogP contribution in [0.15, 0.2) is 40.8 Å². The minimum absolute atomic E-state index is 0.159. The Morgan fingerprint density at radius 2 is 2.06 bits per heavy atom. The molecule has 0 saturated heterocycles. The molecule has 4 heteroatoms. The van der Waals surface area contributed by atoms with Crippen LogP contribution in [0, 0.1) is 0 Å². The minimum Gasteiger partial charge on any atom is -0.493 e. The third-order valence-electron chi connectivity index (χ3n) is 2.56. The van der Waals surface area contributed by atoms with Gasteiger partial charge >= 0.3 is 0 Å². The molecule has 0 bridgehead atoms. The molecular formula is C14H14O4. The van der Waals surface area contributed by atoms with Gasteiger partial charge in [0.15, 0.2) is 12.0 Å². The van der Waals surface area contributed by atoms with Crippen LogP contribution in [0.2, 0.25) is 0 Å². The van der Waals surface area contributed by atoms with Gasteiger partial charge in [0.1, 0.15) is 18.1 Å². The van der Waals surface area contributed by atoms with E-state index in [2.05, 4.69) is 6.07 Å². The van der Waals surface area contributed by atoms with Crippen molar-refractivity contribution in [1.29, 1.82) is 0 Å². The number of fused-ring (bicyclic) bond motifs is 1. The smallest absolute Gasteiger partial charge is 0.185 e. The summed E-state index contributed by atoms with van der Waals surface area (Å²) in [6, 6.07) is 11.3. The lowest BCUT2D eigenvalue weighted by atomic mass is 10.2. The number of hydrogen-bond donors (Lipinski definition) is 1. The van der Waals surface area contributed by atoms with Crippen molar-refractivity contribution < 1.29 is 19.1 Å². The van der Waals surface area contributed by atoms with Crippen LogP contribution in [0.5, 0.6) is 5.75 Å². The van der Waals surface area contributed by atoms with E-state index in [4.69, 9.17) is 14.3 Å². The zero-order chi connectivity index (χ0) is 12.8. The highest BCUT2D eigenvalue weighted by molar-refractivity contribution is 5.70. The normalized spacial score (nSPS) is 12.1. The molecular weight excluding hydrogens is 232 g/mol. The van der Waals surface area contributed by atoms with Gasteiger partial charge in [-0.3, -0.25) is 4.79 Å². The lowest BCUT2D eigenvalue weighted by Gasteiger charge is -1.93. The number of aldehydes is 1. The summed E-state index contributed by atoms with van der Waals surface area (Å²) in [5.74, 6) is 1.73. The first kappa shape index (κ1) is 12.4. The third kappa shape index (κ3) is 2.99. The van der Waals surface area contributed by atoms with E-state index >= 15 is 0 Å². The van der Waals surface area contributed by atoms with Crippen molar-refractivity contribution in [2.24, 2.45) is 0 Å². The minimum atomic E-state index is -0.159. The average Bonchev–Trinajstić information content (AvgIpc) is 3.08. The van der Waals surface area contributed by atoms with E-state index in [0.29, 0.717) is 12.0 Å². The van der Waals surface area contributed by atoms with E-state index < -0.39 is 0 Å². The van der Waals surface area contributed by atoms with Crippen molar-refractivity contribution in [2.45, 2.75) is 13.0 Å². The number of benzene rings is 1. The lowest BCUT2D eigenvalue weighted by molar-refractivity contribution is 0.109. The molecule has 0 aliphatic carbocycles. The van der Waals surface area contributed by atoms with Crippen molar-refractivity contribution >= 4 is 6.29 Å². The van der Waals surface area contributed by atoms with Crippen molar-refractivity contribution in [3.8, 4) is 5.75 Å². The molecule has 2 heterocycles. The topological polar surface area (TPSA) is 59.7 Å². The van der Waals surface area contributed by atoms with Gasteiger partial charge in [0, 0.05) is 6.42 Å². The first-order valence-corrected chi connectivity index (χ1v) is 5.69. The van der Waals surface area contributed by atoms with Crippen LogP contribution >= 0.6 is 0 Å². The molecule has 2 aromatic rings. The Labute approximate surface area is 105 Å². The highest BCUT2D eigenvalue weighted by Gasteiger charge is 2.08. The Morgan fingerprint density at radius 1 is 1.22 bits per heavy atom. The fourth-order valence-corrected chi connectivity index (χ4v) is 1.66. The monoisotopic (exact) mass is 246 g/mol. The Bertz CT molecular complexity index is 493. The van der Waals surface area contributed by atoms with Gasteiger partial charge in [-0.25, -0.2) is 0 Å². The maximum atomic E-state index is 9.96. The maximum absolute atomic E-state index is 9.96. The summed E-state index contributed by atoms with van der Waals surface area (Å²) >= 11 is 0. The largest absolute Gasteiger partial charge is 0.493 e. The molecule has 3 rings (SSSR count). The molecule has 0 amide bonds. The summed E-state index contributed by atoms with van der Waals surface area (Å²) in [4.78, 5) is 9.96. The number of para-hydroxylation sites is 1. The number of aliphatic hydroxyl groups excluding tert-OH is 1. The molecule has 0 unspecified atom stereocenters. The zero-order valence-electron chi connectivity index (χ0n) is 9.83. The first-order valence-electron chi connectivity index (χ1n) is 5.69. The lowest BCUT2D eigenvalue weighted by Crippen LogP contribution is -1.85. The standard InChI is InChI=1S/C8H8O.C6H6O3/c1-2-4-8-7(3-1)5-6-9-8;7-3-5-1-2-6(4-8)9-5/h1-4H,5-6H2;1-3,8H,4H2. The second kappa shape index (κ2) is 6.02. The molecule has 1 N–H and O–H groups in total. The molecule has 1 aliphatic heterocycles. The Balaban J connectivity index is 0.000000134. The van der Waals surface area contributed by atoms with Crippen LogP contribution in [-0.2, 0) is 13.0 Å². The molecule has 0 saturated carbocycles. The SMILES string of the molecule is O=Cc1ccc(CO)o1.c1ccc2c(c1)CCO2. The number of carbonyl (C=O) groups excluding carboxylic acids is 1. The van der Waals surface area contributed by atoms with Gasteiger partial charge in [0.2, 0.25) is 0 Å². The van der Waals surface area contributed by atoms with Crippen LogP contribution in [0.3, 0.4) is 0 Å². The van der Waals surface area contributed by atoms with Crippen molar-refractivity contribution in [3.63, 3.8) is 0 Å². The predicted molar refractivity (Wildman–Crippen MR) is 65.7 cm³/mol. The second-order valence-electron chi connectivity index (χ2n) is 3.79. The van der Waals surface area contributed by atoms with Gasteiger partial charge in [-0.15, -0.1) is 0 Å². The Kier molecular flexibility index (Phi) is 4.15. The van der Waals surface area contributed by atoms with Crippen molar-refractivity contribution in [3.05, 3.63) is 53.5 Å². The van der Waals surface area contributed by atoms with E-state index in [1.54, 1.807) is 6.07 Å². The maximum Gasteiger partial charge on any atom is 0.185 e. The summed E-state index contributed by atoms with van der Waals surface area (Å²) in [5.41, 5.74) is 1.34. The van der Waals surface area contributed by atoms with Gasteiger partial charge in [0.25, 0.3) is 0 Å². The molecule has 94 valence electrons. The number of carbonyl (C=O) groups is 1. The highest BCUT2D eigenvalue weighted by Crippen LogP contribution is 2.23. The molecule has 0 spiro atoms. The Morgan fingerprint density at radius 3 is 2.67 bits per heavy atom. The van der Waals surface area contributed by atoms with E-state index in [9.17, 15) is 4.79 Å². The first-order chi connectivity index (χ1) is 8.83. The summed E-state index contributed by atoms with van der Waals surface area (Å²) in [7, 11) is 0. The number of hydrogen-bond acceptors (Lipinski definition) is 4. The molecule has 1 aromatic heterocycles. The van der Waals surface area contributed by atoms with Crippen LogP contribution < -0.4 is 4.74 Å². The number of rotatable bonds is 2. The summed E-state index contributed by atoms with van der Waals surface area (Å²) < 4.78 is 10.1. The van der Waals surface area contributed by atoms with Crippen LogP contribution in [-0.4, -0.2) is 18.0 Å². The summed E-state index contributed by atoms with van der Waals surface area (Å²) in [6.45, 7) is 0.702. The summed E-state index contributed by atoms with van der Waals surface area (Å²) in [6.07, 6.45) is 1.68. The fraction of sp³-hybridized carbons (Fsp3) is 0.214. The second-order valence-corrected chi connectivity index (χ2v) is 3.79. The van der Waals surface area contributed by atoms with E-state index in [0.717, 1.165) is 18.8 Å². The van der Waals surface area contributed by atoms with Gasteiger partial charge in [-0.05, 0) is 23.8 Å². The van der Waals surface area contributed by atoms with Crippen molar-refractivity contribution in [2.75, 3.05) is 6.61 Å². The molecule has 0 fully saturated rings. The van der Waals surface area contributed by atoms with Gasteiger partial charge in [0.05, 0.1) is 6.61 Å². The molecule has 1 aromatic carbocycles. The molecule has 1 aliphatic rings. The van der Waals surface area contributed by atoms with Crippen LogP contribution in [0.4, 0.5) is 0 Å². The van der Waals surface area contributed by atoms with Crippen molar-refractivity contribution in [1.82, 2.24) is 0 Å². The molecule has 0 atom stereocenters. The van der Waals surface area contributed by atoms with E-state index in [-0.39, 0.29) is 12.4 Å². The van der Waals surface area contributed by atoms with Crippen LogP contribution in [0.25, 0.3) is 0 Å². The van der Waals surface area contributed by atoms with Gasteiger partial charge in [-0.2, -0.15) is 0 Å². The molecule has 18 heavy (non-hydrogen) atoms. The quantitative estimate of drug-likeness (QED) is 0.825. The van der Waals surface area contributed by atoms with Crippen LogP contribution in [0.1, 0.15) is 21.9 Å². The van der Waals surface area contributed by atoms with E-state index in [1.165, 1.54) is 11.6 Å². The number of aliphatic hydroxyl groups is 1. The Hall–Kier alpha value is -2.07. The zero-order valence-corrected chi connectivity index (χ0v) is 9.83. The third-order valence-corrected chi connectivity index (χ3v) is 2.56. The average molecular weight is 246 g/mol. The highest BCUT2D eigenvalue weighted by atomic mass is 16.5. The fourth-order valence-electron chi connectivity index (χ4n) is 1.66. The van der Waals surface area contributed by atoms with Gasteiger partial charge in [-0.1, -0.05) is 18.2 Å². The molecule has 0 radical (unpaired) electrons. The van der Waals surface area contributed by atoms with E-state index in [1.807, 2.05) is 18.2 Å². The molecule has 4 nitrogen and oxygen atoms in total. The summed E-state index contributed by atoms with van der Waals surface area (Å²) in [5, 5.41) is 8.44. The predicted octanol–water partition coefficient (Wildman–Crippen LogP) is 2.21. The number of ether oxygens (including phenoxy) is 1.